The highest BCUT2D eigenvalue weighted by atomic mass is 35.5. The molecule has 7 nitrogen and oxygen atoms in total. The van der Waals surface area contributed by atoms with Crippen LogP contribution in [0.1, 0.15) is 11.1 Å². The van der Waals surface area contributed by atoms with Crippen molar-refractivity contribution in [1.82, 2.24) is 0 Å². The Bertz CT molecular complexity index is 890. The number of hydrogen-bond donors (Lipinski definition) is 3. The van der Waals surface area contributed by atoms with Gasteiger partial charge in [-0.2, -0.15) is 18.3 Å². The van der Waals surface area contributed by atoms with Gasteiger partial charge in [0.15, 0.2) is 6.61 Å². The maximum absolute atomic E-state index is 12.9. The summed E-state index contributed by atoms with van der Waals surface area (Å²) in [5, 5.41) is 6.41. The standard InChI is InChI=1S/C17H17ClF3N5O2/c1-10-6-12(3-5-15(10)26(23)9-24-22)28-8-16(27)25-11-2-4-14(18)13(7-11)17(19,20)21/h2-7,9H,8,22-23H2,1H3,(H,25,27)/b24-9-. The summed E-state index contributed by atoms with van der Waals surface area (Å²) in [5.41, 5.74) is 0.267. The molecule has 0 saturated carbocycles. The van der Waals surface area contributed by atoms with Crippen LogP contribution in [0.3, 0.4) is 0 Å². The minimum Gasteiger partial charge on any atom is -0.484 e. The van der Waals surface area contributed by atoms with Crippen LogP contribution in [0.2, 0.25) is 5.02 Å². The number of halogens is 4. The van der Waals surface area contributed by atoms with Gasteiger partial charge in [-0.05, 0) is 48.9 Å². The highest BCUT2D eigenvalue weighted by Gasteiger charge is 2.33. The monoisotopic (exact) mass is 415 g/mol. The number of carbonyl (C=O) groups is 1. The molecule has 0 atom stereocenters. The first-order valence-electron chi connectivity index (χ1n) is 7.79. The van der Waals surface area contributed by atoms with Gasteiger partial charge in [0.1, 0.15) is 12.1 Å². The molecule has 0 unspecified atom stereocenters. The molecule has 1 amide bonds. The van der Waals surface area contributed by atoms with Crippen molar-refractivity contribution in [1.29, 1.82) is 0 Å². The Labute approximate surface area is 163 Å². The summed E-state index contributed by atoms with van der Waals surface area (Å²) in [5.74, 6) is 10.5. The number of hydrogen-bond acceptors (Lipinski definition) is 5. The number of alkyl halides is 3. The largest absolute Gasteiger partial charge is 0.484 e. The Morgan fingerprint density at radius 3 is 2.64 bits per heavy atom. The molecule has 0 aliphatic heterocycles. The van der Waals surface area contributed by atoms with Gasteiger partial charge in [-0.15, -0.1) is 0 Å². The minimum absolute atomic E-state index is 0.0447. The van der Waals surface area contributed by atoms with Crippen LogP contribution in [0.4, 0.5) is 24.5 Å². The summed E-state index contributed by atoms with van der Waals surface area (Å²) in [6.07, 6.45) is -3.41. The number of ether oxygens (including phenoxy) is 1. The molecule has 0 heterocycles. The second-order valence-corrected chi connectivity index (χ2v) is 6.06. The van der Waals surface area contributed by atoms with Crippen molar-refractivity contribution in [2.24, 2.45) is 16.8 Å². The number of amides is 1. The number of hydrazine groups is 1. The molecule has 0 aromatic heterocycles. The fourth-order valence-corrected chi connectivity index (χ4v) is 2.53. The Morgan fingerprint density at radius 1 is 1.32 bits per heavy atom. The summed E-state index contributed by atoms with van der Waals surface area (Å²) in [6, 6.07) is 7.93. The molecule has 2 aromatic rings. The topological polar surface area (TPSA) is 106 Å². The molecule has 0 aliphatic carbocycles. The lowest BCUT2D eigenvalue weighted by Gasteiger charge is -2.16. The second-order valence-electron chi connectivity index (χ2n) is 5.65. The van der Waals surface area contributed by atoms with Crippen LogP contribution >= 0.6 is 11.6 Å². The van der Waals surface area contributed by atoms with Crippen LogP contribution in [-0.4, -0.2) is 18.9 Å². The predicted molar refractivity (Wildman–Crippen MR) is 101 cm³/mol. The van der Waals surface area contributed by atoms with E-state index in [0.29, 0.717) is 11.4 Å². The number of nitrogens with two attached hydrogens (primary N) is 2. The summed E-state index contributed by atoms with van der Waals surface area (Å²) >= 11 is 5.54. The van der Waals surface area contributed by atoms with Crippen molar-refractivity contribution in [3.05, 3.63) is 52.5 Å². The molecular weight excluding hydrogens is 399 g/mol. The fraction of sp³-hybridized carbons (Fsp3) is 0.176. The summed E-state index contributed by atoms with van der Waals surface area (Å²) < 4.78 is 43.9. The number of aryl methyl sites for hydroxylation is 1. The van der Waals surface area contributed by atoms with Crippen molar-refractivity contribution in [3.63, 3.8) is 0 Å². The summed E-state index contributed by atoms with van der Waals surface area (Å²) in [6.45, 7) is 1.36. The first-order chi connectivity index (χ1) is 13.1. The van der Waals surface area contributed by atoms with Gasteiger partial charge < -0.3 is 15.9 Å². The zero-order chi connectivity index (χ0) is 20.9. The molecule has 150 valence electrons. The Kier molecular flexibility index (Phi) is 6.71. The second kappa shape index (κ2) is 8.81. The van der Waals surface area contributed by atoms with E-state index in [2.05, 4.69) is 10.4 Å². The van der Waals surface area contributed by atoms with Gasteiger partial charge in [0, 0.05) is 5.69 Å². The van der Waals surface area contributed by atoms with E-state index >= 15 is 0 Å². The van der Waals surface area contributed by atoms with E-state index in [9.17, 15) is 18.0 Å². The fourth-order valence-electron chi connectivity index (χ4n) is 2.31. The number of nitrogens with one attached hydrogen (secondary N) is 1. The third-order valence-electron chi connectivity index (χ3n) is 3.56. The Hall–Kier alpha value is -2.98. The highest BCUT2D eigenvalue weighted by Crippen LogP contribution is 2.36. The SMILES string of the molecule is Cc1cc(OCC(=O)Nc2ccc(Cl)c(C(F)(F)F)c2)ccc1N(N)/C=N\N. The number of benzene rings is 2. The van der Waals surface area contributed by atoms with E-state index in [1.54, 1.807) is 25.1 Å². The molecule has 11 heteroatoms. The Morgan fingerprint density at radius 2 is 2.04 bits per heavy atom. The number of hydrazone groups is 1. The van der Waals surface area contributed by atoms with E-state index in [1.807, 2.05) is 0 Å². The molecule has 0 spiro atoms. The molecule has 0 bridgehead atoms. The van der Waals surface area contributed by atoms with E-state index in [4.69, 9.17) is 28.0 Å². The maximum Gasteiger partial charge on any atom is 0.417 e. The molecule has 0 aliphatic rings. The van der Waals surface area contributed by atoms with Gasteiger partial charge in [-0.1, -0.05) is 11.6 Å². The number of rotatable bonds is 6. The summed E-state index contributed by atoms with van der Waals surface area (Å²) in [7, 11) is 0. The third kappa shape index (κ3) is 5.51. The molecule has 0 saturated heterocycles. The maximum atomic E-state index is 12.9. The lowest BCUT2D eigenvalue weighted by atomic mass is 10.2. The zero-order valence-electron chi connectivity index (χ0n) is 14.6. The first kappa shape index (κ1) is 21.3. The number of carbonyl (C=O) groups excluding carboxylic acids is 1. The zero-order valence-corrected chi connectivity index (χ0v) is 15.4. The molecule has 2 rings (SSSR count). The minimum atomic E-state index is -4.63. The molecule has 0 fully saturated rings. The van der Waals surface area contributed by atoms with Gasteiger partial charge in [0.05, 0.1) is 16.3 Å². The van der Waals surface area contributed by atoms with Crippen molar-refractivity contribution < 1.29 is 22.7 Å². The normalized spacial score (nSPS) is 11.5. The van der Waals surface area contributed by atoms with Gasteiger partial charge in [-0.25, -0.2) is 5.84 Å². The van der Waals surface area contributed by atoms with Gasteiger partial charge in [0.2, 0.25) is 0 Å². The molecule has 2 aromatic carbocycles. The summed E-state index contributed by atoms with van der Waals surface area (Å²) in [4.78, 5) is 12.0. The quantitative estimate of drug-likeness (QED) is 0.290. The lowest BCUT2D eigenvalue weighted by molar-refractivity contribution is -0.137. The average molecular weight is 416 g/mol. The molecule has 0 radical (unpaired) electrons. The molecule has 5 N–H and O–H groups in total. The van der Waals surface area contributed by atoms with Crippen molar-refractivity contribution in [2.75, 3.05) is 16.9 Å². The highest BCUT2D eigenvalue weighted by molar-refractivity contribution is 6.31. The van der Waals surface area contributed by atoms with Crippen molar-refractivity contribution in [3.8, 4) is 5.75 Å². The lowest BCUT2D eigenvalue weighted by Crippen LogP contribution is -2.30. The van der Waals surface area contributed by atoms with Crippen LogP contribution in [0.25, 0.3) is 0 Å². The van der Waals surface area contributed by atoms with E-state index in [0.717, 1.165) is 17.7 Å². The van der Waals surface area contributed by atoms with Gasteiger partial charge in [0.25, 0.3) is 5.91 Å². The average Bonchev–Trinajstić information content (AvgIpc) is 2.61. The van der Waals surface area contributed by atoms with Crippen molar-refractivity contribution in [2.45, 2.75) is 13.1 Å². The van der Waals surface area contributed by atoms with E-state index < -0.39 is 29.3 Å². The van der Waals surface area contributed by atoms with Gasteiger partial charge in [-0.3, -0.25) is 9.80 Å². The molecular formula is C17H17ClF3N5O2. The van der Waals surface area contributed by atoms with Gasteiger partial charge >= 0.3 is 6.18 Å². The predicted octanol–water partition coefficient (Wildman–Crippen LogP) is 3.27. The van der Waals surface area contributed by atoms with Crippen LogP contribution in [0, 0.1) is 6.92 Å². The number of nitrogens with zero attached hydrogens (tertiary/aromatic N) is 2. The van der Waals surface area contributed by atoms with Crippen LogP contribution in [-0.2, 0) is 11.0 Å². The third-order valence-corrected chi connectivity index (χ3v) is 3.89. The number of anilines is 2. The van der Waals surface area contributed by atoms with Crippen LogP contribution < -0.4 is 26.7 Å². The van der Waals surface area contributed by atoms with Crippen LogP contribution in [0.15, 0.2) is 41.5 Å². The Balaban J connectivity index is 2.00. The van der Waals surface area contributed by atoms with E-state index in [1.165, 1.54) is 17.4 Å². The van der Waals surface area contributed by atoms with Crippen LogP contribution in [0.5, 0.6) is 5.75 Å². The van der Waals surface area contributed by atoms with E-state index in [-0.39, 0.29) is 5.69 Å². The molecule has 28 heavy (non-hydrogen) atoms. The smallest absolute Gasteiger partial charge is 0.417 e. The van der Waals surface area contributed by atoms with Crippen molar-refractivity contribution >= 4 is 35.2 Å². The first-order valence-corrected chi connectivity index (χ1v) is 8.17.